The van der Waals surface area contributed by atoms with Crippen LogP contribution >= 0.6 is 0 Å². The monoisotopic (exact) mass is 371 g/mol. The van der Waals surface area contributed by atoms with Gasteiger partial charge in [-0.15, -0.1) is 0 Å². The summed E-state index contributed by atoms with van der Waals surface area (Å²) >= 11 is 0. The molecule has 4 rings (SSSR count). The van der Waals surface area contributed by atoms with Crippen molar-refractivity contribution in [2.75, 3.05) is 30.2 Å². The van der Waals surface area contributed by atoms with Crippen LogP contribution in [-0.4, -0.2) is 44.2 Å². The van der Waals surface area contributed by atoms with Crippen LogP contribution in [0.4, 0.5) is 5.69 Å². The maximum atomic E-state index is 12.3. The summed E-state index contributed by atoms with van der Waals surface area (Å²) in [4.78, 5) is 7.02. The van der Waals surface area contributed by atoms with Gasteiger partial charge in [0.1, 0.15) is 0 Å². The van der Waals surface area contributed by atoms with Crippen LogP contribution in [0.5, 0.6) is 0 Å². The molecule has 1 aromatic carbocycles. The summed E-state index contributed by atoms with van der Waals surface area (Å²) in [6, 6.07) is 10.4. The predicted molar refractivity (Wildman–Crippen MR) is 104 cm³/mol. The molecule has 2 aliphatic heterocycles. The predicted octanol–water partition coefficient (Wildman–Crippen LogP) is 2.62. The Morgan fingerprint density at radius 1 is 1.15 bits per heavy atom. The highest BCUT2D eigenvalue weighted by atomic mass is 32.2. The van der Waals surface area contributed by atoms with Gasteiger partial charge in [0.2, 0.25) is 10.0 Å². The Hall–Kier alpha value is -1.92. The molecule has 1 fully saturated rings. The number of aryl methyl sites for hydroxylation is 2. The summed E-state index contributed by atoms with van der Waals surface area (Å²) in [5.41, 5.74) is 5.38. The van der Waals surface area contributed by atoms with E-state index >= 15 is 0 Å². The van der Waals surface area contributed by atoms with Gasteiger partial charge in [0.25, 0.3) is 0 Å². The van der Waals surface area contributed by atoms with Crippen LogP contribution in [-0.2, 0) is 22.0 Å². The summed E-state index contributed by atoms with van der Waals surface area (Å²) in [6.07, 6.45) is 4.00. The number of anilines is 1. The molecule has 1 saturated heterocycles. The third kappa shape index (κ3) is 3.01. The standard InChI is InChI=1S/C20H25N3O2S/c1-15-9-16(2)11-17(10-15)12-22-8-6-20(13-22)14-23(26(3,24)25)18-5-4-7-21-19(18)20/h4-5,7,9-11H,6,8,12-14H2,1-3H3/t20-/m0/s1. The highest BCUT2D eigenvalue weighted by Gasteiger charge is 2.50. The molecule has 1 spiro atoms. The Balaban J connectivity index is 1.61. The molecule has 1 aromatic heterocycles. The van der Waals surface area contributed by atoms with Crippen molar-refractivity contribution in [2.24, 2.45) is 0 Å². The smallest absolute Gasteiger partial charge is 0.232 e. The Morgan fingerprint density at radius 2 is 1.88 bits per heavy atom. The van der Waals surface area contributed by atoms with Crippen molar-refractivity contribution in [3.63, 3.8) is 0 Å². The maximum absolute atomic E-state index is 12.3. The van der Waals surface area contributed by atoms with E-state index in [1.807, 2.05) is 12.1 Å². The number of sulfonamides is 1. The lowest BCUT2D eigenvalue weighted by molar-refractivity contribution is 0.306. The van der Waals surface area contributed by atoms with E-state index in [0.717, 1.165) is 37.4 Å². The van der Waals surface area contributed by atoms with Crippen molar-refractivity contribution < 1.29 is 8.42 Å². The summed E-state index contributed by atoms with van der Waals surface area (Å²) in [5.74, 6) is 0. The second-order valence-electron chi connectivity index (χ2n) is 7.88. The van der Waals surface area contributed by atoms with E-state index in [1.54, 1.807) is 6.20 Å². The molecule has 0 aliphatic carbocycles. The number of aromatic nitrogens is 1. The van der Waals surface area contributed by atoms with Crippen LogP contribution in [0.25, 0.3) is 0 Å². The number of rotatable bonds is 3. The summed E-state index contributed by atoms with van der Waals surface area (Å²) < 4.78 is 26.1. The molecule has 3 heterocycles. The number of hydrogen-bond acceptors (Lipinski definition) is 4. The van der Waals surface area contributed by atoms with Crippen LogP contribution in [0.2, 0.25) is 0 Å². The van der Waals surface area contributed by atoms with Gasteiger partial charge in [-0.05, 0) is 44.5 Å². The molecule has 2 aliphatic rings. The fraction of sp³-hybridized carbons (Fsp3) is 0.450. The fourth-order valence-corrected chi connectivity index (χ4v) is 5.56. The topological polar surface area (TPSA) is 53.5 Å². The second kappa shape index (κ2) is 6.06. The van der Waals surface area contributed by atoms with Crippen molar-refractivity contribution in [1.29, 1.82) is 0 Å². The molecule has 138 valence electrons. The van der Waals surface area contributed by atoms with Gasteiger partial charge in [-0.25, -0.2) is 8.42 Å². The SMILES string of the molecule is Cc1cc(C)cc(CN2CC[C@]3(C2)CN(S(C)(=O)=O)c2cccnc23)c1. The van der Waals surface area contributed by atoms with E-state index in [2.05, 4.69) is 41.9 Å². The molecule has 0 amide bonds. The summed E-state index contributed by atoms with van der Waals surface area (Å²) in [6.45, 7) is 7.45. The normalized spacial score (nSPS) is 23.0. The molecule has 26 heavy (non-hydrogen) atoms. The molecular weight excluding hydrogens is 346 g/mol. The summed E-state index contributed by atoms with van der Waals surface area (Å²) in [7, 11) is -3.29. The van der Waals surface area contributed by atoms with Gasteiger partial charge in [0, 0.05) is 31.2 Å². The molecule has 0 radical (unpaired) electrons. The maximum Gasteiger partial charge on any atom is 0.232 e. The number of likely N-dealkylation sites (tertiary alicyclic amines) is 1. The minimum atomic E-state index is -3.29. The highest BCUT2D eigenvalue weighted by Crippen LogP contribution is 2.46. The first kappa shape index (κ1) is 17.5. The Kier molecular flexibility index (Phi) is 4.08. The lowest BCUT2D eigenvalue weighted by Crippen LogP contribution is -2.38. The minimum absolute atomic E-state index is 0.196. The van der Waals surface area contributed by atoms with Crippen LogP contribution in [0.1, 0.15) is 28.8 Å². The van der Waals surface area contributed by atoms with Gasteiger partial charge in [-0.2, -0.15) is 0 Å². The number of benzene rings is 1. The van der Waals surface area contributed by atoms with E-state index < -0.39 is 10.0 Å². The molecule has 1 atom stereocenters. The molecule has 0 N–H and O–H groups in total. The Morgan fingerprint density at radius 3 is 2.58 bits per heavy atom. The van der Waals surface area contributed by atoms with Crippen LogP contribution in [0.3, 0.4) is 0 Å². The van der Waals surface area contributed by atoms with Crippen molar-refractivity contribution >= 4 is 15.7 Å². The van der Waals surface area contributed by atoms with Crippen LogP contribution in [0.15, 0.2) is 36.5 Å². The fourth-order valence-electron chi connectivity index (χ4n) is 4.57. The van der Waals surface area contributed by atoms with Gasteiger partial charge < -0.3 is 0 Å². The average molecular weight is 372 g/mol. The number of pyridine rings is 1. The van der Waals surface area contributed by atoms with E-state index in [4.69, 9.17) is 0 Å². The molecule has 2 aromatic rings. The quantitative estimate of drug-likeness (QED) is 0.832. The number of nitrogens with zero attached hydrogens (tertiary/aromatic N) is 3. The van der Waals surface area contributed by atoms with Crippen molar-refractivity contribution in [3.05, 3.63) is 58.9 Å². The molecule has 0 bridgehead atoms. The zero-order valence-electron chi connectivity index (χ0n) is 15.6. The third-order valence-electron chi connectivity index (χ3n) is 5.52. The number of hydrogen-bond donors (Lipinski definition) is 0. The lowest BCUT2D eigenvalue weighted by Gasteiger charge is -2.25. The Labute approximate surface area is 155 Å². The van der Waals surface area contributed by atoms with Gasteiger partial charge in [0.05, 0.1) is 17.6 Å². The minimum Gasteiger partial charge on any atom is -0.298 e. The first-order valence-electron chi connectivity index (χ1n) is 9.00. The molecular formula is C20H25N3O2S. The van der Waals surface area contributed by atoms with E-state index in [1.165, 1.54) is 27.3 Å². The second-order valence-corrected chi connectivity index (χ2v) is 9.78. The summed E-state index contributed by atoms with van der Waals surface area (Å²) in [5, 5.41) is 0. The highest BCUT2D eigenvalue weighted by molar-refractivity contribution is 7.92. The van der Waals surface area contributed by atoms with Crippen LogP contribution in [0, 0.1) is 13.8 Å². The van der Waals surface area contributed by atoms with Gasteiger partial charge >= 0.3 is 0 Å². The van der Waals surface area contributed by atoms with Crippen LogP contribution < -0.4 is 4.31 Å². The lowest BCUT2D eigenvalue weighted by atomic mass is 9.85. The number of fused-ring (bicyclic) bond motifs is 2. The van der Waals surface area contributed by atoms with E-state index in [-0.39, 0.29) is 5.41 Å². The average Bonchev–Trinajstić information content (AvgIpc) is 3.09. The van der Waals surface area contributed by atoms with E-state index in [9.17, 15) is 8.42 Å². The molecule has 0 unspecified atom stereocenters. The first-order chi connectivity index (χ1) is 12.3. The first-order valence-corrected chi connectivity index (χ1v) is 10.8. The van der Waals surface area contributed by atoms with Gasteiger partial charge in [-0.3, -0.25) is 14.2 Å². The zero-order chi connectivity index (χ0) is 18.5. The third-order valence-corrected chi connectivity index (χ3v) is 6.65. The van der Waals surface area contributed by atoms with Crippen molar-refractivity contribution in [1.82, 2.24) is 9.88 Å². The van der Waals surface area contributed by atoms with Gasteiger partial charge in [-0.1, -0.05) is 29.3 Å². The molecule has 6 heteroatoms. The molecule has 0 saturated carbocycles. The van der Waals surface area contributed by atoms with E-state index in [0.29, 0.717) is 6.54 Å². The largest absolute Gasteiger partial charge is 0.298 e. The van der Waals surface area contributed by atoms with Gasteiger partial charge in [0.15, 0.2) is 0 Å². The van der Waals surface area contributed by atoms with Crippen molar-refractivity contribution in [3.8, 4) is 0 Å². The molecule has 5 nitrogen and oxygen atoms in total. The Bertz CT molecular complexity index is 937. The zero-order valence-corrected chi connectivity index (χ0v) is 16.4. The van der Waals surface area contributed by atoms with Crippen molar-refractivity contribution in [2.45, 2.75) is 32.2 Å².